The molecular formula is C4H7N2O2. The quantitative estimate of drug-likeness (QED) is 0.333. The van der Waals surface area contributed by atoms with E-state index in [4.69, 9.17) is 10.6 Å². The molecule has 1 fully saturated rings. The zero-order valence-electron chi connectivity index (χ0n) is 4.55. The van der Waals surface area contributed by atoms with Crippen molar-refractivity contribution in [1.82, 2.24) is 5.01 Å². The third kappa shape index (κ3) is 0.677. The highest BCUT2D eigenvalue weighted by atomic mass is 16.5. The van der Waals surface area contributed by atoms with Gasteiger partial charge in [0.2, 0.25) is 6.23 Å². The van der Waals surface area contributed by atoms with Crippen molar-refractivity contribution in [2.24, 2.45) is 5.84 Å². The Kier molecular flexibility index (Phi) is 1.19. The molecule has 1 aliphatic heterocycles. The lowest BCUT2D eigenvalue weighted by Gasteiger charge is -2.08. The number of nitrogens with two attached hydrogens (primary N) is 1. The molecule has 0 aromatic rings. The number of carbonyl (C=O) groups excluding carboxylic acids is 1. The number of nitrogens with zero attached hydrogens (tertiary/aromatic N) is 1. The first kappa shape index (κ1) is 5.53. The number of rotatable bonds is 0. The molecule has 1 heterocycles. The molecule has 1 aliphatic rings. The number of hydrogen-bond donors (Lipinski definition) is 1. The summed E-state index contributed by atoms with van der Waals surface area (Å²) in [6, 6.07) is 0. The van der Waals surface area contributed by atoms with Crippen LogP contribution in [0.3, 0.4) is 0 Å². The van der Waals surface area contributed by atoms with E-state index in [-0.39, 0.29) is 12.5 Å². The van der Waals surface area contributed by atoms with Crippen LogP contribution in [-0.2, 0) is 9.53 Å². The fourth-order valence-electron chi connectivity index (χ4n) is 0.481. The van der Waals surface area contributed by atoms with E-state index in [9.17, 15) is 4.79 Å². The highest BCUT2D eigenvalue weighted by Crippen LogP contribution is 2.11. The van der Waals surface area contributed by atoms with Crippen LogP contribution in [0, 0.1) is 6.23 Å². The third-order valence-corrected chi connectivity index (χ3v) is 1.01. The van der Waals surface area contributed by atoms with Gasteiger partial charge in [-0.2, -0.15) is 0 Å². The van der Waals surface area contributed by atoms with Crippen molar-refractivity contribution >= 4 is 5.91 Å². The Labute approximate surface area is 47.2 Å². The molecule has 1 saturated heterocycles. The van der Waals surface area contributed by atoms with Crippen LogP contribution in [0.1, 0.15) is 6.92 Å². The molecule has 1 rings (SSSR count). The zero-order chi connectivity index (χ0) is 6.15. The van der Waals surface area contributed by atoms with Crippen molar-refractivity contribution in [3.8, 4) is 0 Å². The van der Waals surface area contributed by atoms with E-state index in [1.54, 1.807) is 6.92 Å². The Morgan fingerprint density at radius 1 is 1.88 bits per heavy atom. The van der Waals surface area contributed by atoms with E-state index in [1.807, 2.05) is 0 Å². The van der Waals surface area contributed by atoms with Crippen LogP contribution in [0.25, 0.3) is 0 Å². The van der Waals surface area contributed by atoms with Gasteiger partial charge in [-0.05, 0) is 6.92 Å². The predicted molar refractivity (Wildman–Crippen MR) is 25.9 cm³/mol. The van der Waals surface area contributed by atoms with Crippen LogP contribution in [-0.4, -0.2) is 17.5 Å². The van der Waals surface area contributed by atoms with Gasteiger partial charge in [0.25, 0.3) is 5.91 Å². The summed E-state index contributed by atoms with van der Waals surface area (Å²) in [6.07, 6.45) is 0.468. The number of amides is 1. The fraction of sp³-hybridized carbons (Fsp3) is 0.500. The molecular weight excluding hydrogens is 108 g/mol. The maximum atomic E-state index is 10.4. The minimum atomic E-state index is -0.192. The van der Waals surface area contributed by atoms with E-state index in [0.717, 1.165) is 5.01 Å². The molecule has 0 aromatic carbocycles. The maximum absolute atomic E-state index is 10.4. The topological polar surface area (TPSA) is 55.6 Å². The molecule has 1 radical (unpaired) electrons. The molecule has 0 unspecified atom stereocenters. The minimum absolute atomic E-state index is 0.0856. The van der Waals surface area contributed by atoms with Crippen molar-refractivity contribution in [2.45, 2.75) is 6.92 Å². The Morgan fingerprint density at radius 3 is 2.62 bits per heavy atom. The molecule has 0 saturated carbocycles. The van der Waals surface area contributed by atoms with Crippen molar-refractivity contribution < 1.29 is 9.53 Å². The lowest BCUT2D eigenvalue weighted by Crippen LogP contribution is -2.33. The van der Waals surface area contributed by atoms with Crippen molar-refractivity contribution in [2.75, 3.05) is 6.61 Å². The number of ether oxygens (including phenoxy) is 1. The van der Waals surface area contributed by atoms with Gasteiger partial charge in [0, 0.05) is 0 Å². The van der Waals surface area contributed by atoms with Gasteiger partial charge in [0.15, 0.2) is 0 Å². The van der Waals surface area contributed by atoms with Crippen LogP contribution in [0.5, 0.6) is 0 Å². The van der Waals surface area contributed by atoms with Gasteiger partial charge in [-0.3, -0.25) is 4.79 Å². The number of hydrogen-bond acceptors (Lipinski definition) is 3. The van der Waals surface area contributed by atoms with Gasteiger partial charge in [0.1, 0.15) is 6.61 Å². The predicted octanol–water partition coefficient (Wildman–Crippen LogP) is -0.772. The molecule has 0 aromatic heterocycles. The normalized spacial score (nSPS) is 22.8. The van der Waals surface area contributed by atoms with Gasteiger partial charge < -0.3 is 4.74 Å². The van der Waals surface area contributed by atoms with Crippen LogP contribution in [0.4, 0.5) is 0 Å². The zero-order valence-corrected chi connectivity index (χ0v) is 4.55. The summed E-state index contributed by atoms with van der Waals surface area (Å²) in [4.78, 5) is 10.4. The first-order valence-electron chi connectivity index (χ1n) is 2.26. The highest BCUT2D eigenvalue weighted by molar-refractivity contribution is 5.79. The van der Waals surface area contributed by atoms with Crippen molar-refractivity contribution in [3.05, 3.63) is 6.23 Å². The summed E-state index contributed by atoms with van der Waals surface area (Å²) in [6.45, 7) is 1.73. The first-order chi connectivity index (χ1) is 3.72. The van der Waals surface area contributed by atoms with E-state index in [1.165, 1.54) is 0 Å². The molecule has 45 valence electrons. The SMILES string of the molecule is C[C]1OCC(=O)N1N. The molecule has 4 nitrogen and oxygen atoms in total. The second-order valence-corrected chi connectivity index (χ2v) is 1.57. The largest absolute Gasteiger partial charge is 0.340 e. The fourth-order valence-corrected chi connectivity index (χ4v) is 0.481. The average Bonchev–Trinajstić information content (AvgIpc) is 1.98. The summed E-state index contributed by atoms with van der Waals surface area (Å²) < 4.78 is 4.75. The lowest BCUT2D eigenvalue weighted by molar-refractivity contribution is -0.126. The van der Waals surface area contributed by atoms with Crippen LogP contribution >= 0.6 is 0 Å². The Balaban J connectivity index is 2.56. The average molecular weight is 115 g/mol. The summed E-state index contributed by atoms with van der Waals surface area (Å²) in [5, 5.41) is 1.00. The number of hydrazine groups is 1. The van der Waals surface area contributed by atoms with E-state index < -0.39 is 0 Å². The van der Waals surface area contributed by atoms with Crippen LogP contribution in [0.2, 0.25) is 0 Å². The van der Waals surface area contributed by atoms with E-state index in [0.29, 0.717) is 6.23 Å². The molecule has 8 heavy (non-hydrogen) atoms. The molecule has 0 spiro atoms. The second kappa shape index (κ2) is 1.72. The summed E-state index contributed by atoms with van der Waals surface area (Å²) in [5.41, 5.74) is 0. The molecule has 2 N–H and O–H groups in total. The molecule has 0 atom stereocenters. The summed E-state index contributed by atoms with van der Waals surface area (Å²) >= 11 is 0. The standard InChI is InChI=1S/C4H7N2O2/c1-3-6(5)4(7)2-8-3/h2,5H2,1H3. The monoisotopic (exact) mass is 115 g/mol. The maximum Gasteiger partial charge on any atom is 0.265 e. The van der Waals surface area contributed by atoms with Gasteiger partial charge in [-0.1, -0.05) is 0 Å². The third-order valence-electron chi connectivity index (χ3n) is 1.01. The van der Waals surface area contributed by atoms with Gasteiger partial charge in [-0.15, -0.1) is 0 Å². The Morgan fingerprint density at radius 2 is 2.50 bits per heavy atom. The van der Waals surface area contributed by atoms with Gasteiger partial charge in [-0.25, -0.2) is 10.9 Å². The molecule has 0 bridgehead atoms. The minimum Gasteiger partial charge on any atom is -0.340 e. The summed E-state index contributed by atoms with van der Waals surface area (Å²) in [7, 11) is 0. The Hall–Kier alpha value is -0.610. The second-order valence-electron chi connectivity index (χ2n) is 1.57. The smallest absolute Gasteiger partial charge is 0.265 e. The first-order valence-corrected chi connectivity index (χ1v) is 2.26. The summed E-state index contributed by atoms with van der Waals surface area (Å²) in [5.74, 6) is 4.95. The Bertz CT molecular complexity index is 115. The van der Waals surface area contributed by atoms with Gasteiger partial charge in [0.05, 0.1) is 0 Å². The van der Waals surface area contributed by atoms with E-state index in [2.05, 4.69) is 0 Å². The lowest BCUT2D eigenvalue weighted by atomic mass is 10.6. The molecule has 1 amide bonds. The van der Waals surface area contributed by atoms with Crippen molar-refractivity contribution in [1.29, 1.82) is 0 Å². The van der Waals surface area contributed by atoms with Crippen molar-refractivity contribution in [3.63, 3.8) is 0 Å². The molecule has 0 aliphatic carbocycles. The number of carbonyl (C=O) groups is 1. The van der Waals surface area contributed by atoms with E-state index >= 15 is 0 Å². The van der Waals surface area contributed by atoms with Crippen LogP contribution < -0.4 is 5.84 Å². The highest BCUT2D eigenvalue weighted by Gasteiger charge is 2.26. The van der Waals surface area contributed by atoms with Gasteiger partial charge >= 0.3 is 0 Å². The molecule has 4 heteroatoms. The van der Waals surface area contributed by atoms with Crippen LogP contribution in [0.15, 0.2) is 0 Å².